The number of esters is 1. The highest BCUT2D eigenvalue weighted by atomic mass is 79.9. The molecule has 0 aliphatic rings. The number of nitrogens with two attached hydrogens (primary N) is 1. The molecule has 0 bridgehead atoms. The summed E-state index contributed by atoms with van der Waals surface area (Å²) in [4.78, 5) is 41.3. The topological polar surface area (TPSA) is 169 Å². The fourth-order valence-electron chi connectivity index (χ4n) is 16.8. The van der Waals surface area contributed by atoms with Gasteiger partial charge in [0.2, 0.25) is 5.88 Å². The molecule has 0 saturated carbocycles. The quantitative estimate of drug-likeness (QED) is 0.0259. The van der Waals surface area contributed by atoms with Gasteiger partial charge >= 0.3 is 5.97 Å². The SMILES string of the molecule is C=C(C)CNc1ccc(C(C)C)cc1.CC(C)Oc1nn(Cc2ccccc2)c2ccccc12.CC(C)c1c(-c2ccccc2)c(-c2ccccc2)nn1-c1ccccc1.CC(C)c1ccc2c(c1)[nH]c1ccc(Cl)cc12.CC(C)c1cccc(C(=O)c2ccc(Br)cc2)c1N.Cc1cc(C(C)C)c(C)n1-c1ccc(Cl)cc1.Cc1ccc2c(c1)c(CC(=O)OC(C)C)c(C)n2C(=O)c1ccc(Cl)cc1. The molecular weight excluding hydrogens is 1860 g/mol. The molecule has 0 unspecified atom stereocenters. The van der Waals surface area contributed by atoms with Gasteiger partial charge in [-0.2, -0.15) is 5.10 Å². The highest BCUT2D eigenvalue weighted by molar-refractivity contribution is 9.10. The highest BCUT2D eigenvalue weighted by Crippen LogP contribution is 2.41. The zero-order valence-corrected chi connectivity index (χ0v) is 87.6. The Labute approximate surface area is 849 Å². The predicted molar refractivity (Wildman–Crippen MR) is 593 cm³/mol. The van der Waals surface area contributed by atoms with Crippen molar-refractivity contribution in [1.82, 2.24) is 33.7 Å². The second-order valence-electron chi connectivity index (χ2n) is 37.3. The third kappa shape index (κ3) is 27.3. The average molecular weight is 1990 g/mol. The number of nitrogens with one attached hydrogen (secondary N) is 2. The van der Waals surface area contributed by atoms with Crippen molar-refractivity contribution >= 4 is 123 Å². The number of para-hydroxylation sites is 3. The molecular formula is C122H129BrCl3N9O5. The molecule has 0 fully saturated rings. The van der Waals surface area contributed by atoms with Gasteiger partial charge in [-0.25, -0.2) is 4.68 Å². The number of nitrogens with zero attached hydrogens (tertiary/aromatic N) is 6. The molecule has 5 heterocycles. The molecule has 0 aliphatic carbocycles. The van der Waals surface area contributed by atoms with Crippen LogP contribution in [-0.4, -0.2) is 70.1 Å². The summed E-state index contributed by atoms with van der Waals surface area (Å²) in [5, 5.41) is 19.5. The molecule has 720 valence electrons. The van der Waals surface area contributed by atoms with Gasteiger partial charge in [0.1, 0.15) is 5.69 Å². The van der Waals surface area contributed by atoms with Crippen LogP contribution in [0.3, 0.4) is 0 Å². The van der Waals surface area contributed by atoms with Crippen molar-refractivity contribution in [3.05, 3.63) is 432 Å². The van der Waals surface area contributed by atoms with E-state index in [1.54, 1.807) is 47.0 Å². The number of ketones is 1. The van der Waals surface area contributed by atoms with Crippen LogP contribution < -0.4 is 15.8 Å². The highest BCUT2D eigenvalue weighted by Gasteiger charge is 2.27. The van der Waals surface area contributed by atoms with Crippen molar-refractivity contribution in [2.24, 2.45) is 0 Å². The monoisotopic (exact) mass is 1980 g/mol. The Balaban J connectivity index is 0.000000148. The van der Waals surface area contributed by atoms with E-state index >= 15 is 0 Å². The van der Waals surface area contributed by atoms with Crippen LogP contribution in [-0.2, 0) is 22.5 Å². The Morgan fingerprint density at radius 2 is 1.05 bits per heavy atom. The number of rotatable bonds is 22. The molecule has 0 saturated heterocycles. The molecule has 140 heavy (non-hydrogen) atoms. The Bertz CT molecular complexity index is 7200. The van der Waals surface area contributed by atoms with Crippen LogP contribution in [0.5, 0.6) is 5.88 Å². The zero-order valence-electron chi connectivity index (χ0n) is 83.8. The number of hydrogen-bond acceptors (Lipinski definition) is 9. The smallest absolute Gasteiger partial charge is 0.310 e. The van der Waals surface area contributed by atoms with Crippen molar-refractivity contribution in [3.8, 4) is 39.6 Å². The van der Waals surface area contributed by atoms with Gasteiger partial charge < -0.3 is 30.1 Å². The Hall–Kier alpha value is -13.5. The largest absolute Gasteiger partial charge is 0.473 e. The van der Waals surface area contributed by atoms with E-state index in [2.05, 4.69) is 294 Å². The first kappa shape index (κ1) is 105. The fraction of sp³-hybridized carbons (Fsp3) is 0.238. The molecule has 18 rings (SSSR count). The number of carbonyl (C=O) groups is 3. The maximum absolute atomic E-state index is 13.2. The first-order valence-corrected chi connectivity index (χ1v) is 49.8. The molecule has 13 aromatic carbocycles. The molecule has 0 spiro atoms. The number of benzene rings is 13. The standard InChI is InChI=1S/C24H22N2.C22H22ClNO3.C17H18N2O.C16H16BrNO.C15H14ClN.C15H18ClN.C13H19N/c1-18(2)24-22(19-12-6-3-7-13-19)23(20-14-8-4-9-15-20)25-26(24)21-16-10-5-11-17-21;1-13(2)27-21(25)12-18-15(4)24(20-10-5-14(3)11-19(18)20)22(26)16-6-8-17(23)9-7-16;1-13(2)20-17-15-10-6-7-11-16(15)19(18-17)12-14-8-4-3-5-9-14;1-10(2)13-4-3-5-14(15(13)18)16(19)11-6-8-12(17)9-7-11;1-9(2)10-3-5-12-13-8-11(16)4-6-14(13)17-15(12)7-10;1-10(2)15-9-11(3)17(12(15)4)14-7-5-13(16)6-8-14;1-10(2)9-14-13-7-5-12(6-8-13)11(3)4/h3-18H,1-2H3;5-11,13H,12H2,1-4H3;3-11,13H,12H2,1-2H3;3-10H,18H2,1-2H3;3-9,17H,1-2H3;5-10H,1-4H3;5-8,11,14H,1,9H2,2-4H3. The minimum atomic E-state index is -0.299. The molecule has 18 heteroatoms. The molecule has 14 nitrogen and oxygen atoms in total. The molecule has 0 atom stereocenters. The molecule has 0 aliphatic heterocycles. The van der Waals surface area contributed by atoms with Gasteiger partial charge in [-0.15, -0.1) is 5.10 Å². The van der Waals surface area contributed by atoms with Crippen LogP contribution >= 0.6 is 50.7 Å². The van der Waals surface area contributed by atoms with Gasteiger partial charge in [0.25, 0.3) is 5.91 Å². The van der Waals surface area contributed by atoms with Crippen LogP contribution in [0.2, 0.25) is 15.1 Å². The van der Waals surface area contributed by atoms with Crippen molar-refractivity contribution in [2.75, 3.05) is 17.6 Å². The van der Waals surface area contributed by atoms with Crippen LogP contribution in [0.1, 0.15) is 221 Å². The molecule has 18 aromatic rings. The van der Waals surface area contributed by atoms with E-state index in [-0.39, 0.29) is 36.3 Å². The van der Waals surface area contributed by atoms with Gasteiger partial charge in [-0.05, 0) is 289 Å². The van der Waals surface area contributed by atoms with E-state index < -0.39 is 0 Å². The zero-order chi connectivity index (χ0) is 101. The van der Waals surface area contributed by atoms with Crippen LogP contribution in [0.15, 0.2) is 338 Å². The number of aromatic nitrogens is 7. The summed E-state index contributed by atoms with van der Waals surface area (Å²) in [6.07, 6.45) is 0.0762. The number of aryl methyl sites for hydroxylation is 2. The lowest BCUT2D eigenvalue weighted by Crippen LogP contribution is -2.16. The van der Waals surface area contributed by atoms with E-state index in [1.165, 1.54) is 72.4 Å². The first-order valence-electron chi connectivity index (χ1n) is 47.9. The number of H-pyrrole nitrogens is 1. The summed E-state index contributed by atoms with van der Waals surface area (Å²) in [6, 6.07) is 107. The molecule has 5 aromatic heterocycles. The lowest BCUT2D eigenvalue weighted by molar-refractivity contribution is -0.146. The van der Waals surface area contributed by atoms with E-state index in [1.807, 2.05) is 168 Å². The Morgan fingerprint density at radius 1 is 0.479 bits per heavy atom. The van der Waals surface area contributed by atoms with Crippen molar-refractivity contribution in [2.45, 2.75) is 186 Å². The number of anilines is 2. The molecule has 0 amide bonds. The number of halogens is 4. The maximum Gasteiger partial charge on any atom is 0.310 e. The molecule has 0 radical (unpaired) electrons. The van der Waals surface area contributed by atoms with E-state index in [0.717, 1.165) is 106 Å². The Kier molecular flexibility index (Phi) is 37.1. The summed E-state index contributed by atoms with van der Waals surface area (Å²) in [5.41, 5.74) is 34.7. The second kappa shape index (κ2) is 49.3. The lowest BCUT2D eigenvalue weighted by Gasteiger charge is -2.13. The average Bonchev–Trinajstić information content (AvgIpc) is 1.60. The number of aromatic amines is 1. The van der Waals surface area contributed by atoms with Crippen molar-refractivity contribution in [3.63, 3.8) is 0 Å². The summed E-state index contributed by atoms with van der Waals surface area (Å²) in [5.74, 6) is 2.59. The molecule has 4 N–H and O–H groups in total. The Morgan fingerprint density at radius 3 is 1.64 bits per heavy atom. The second-order valence-corrected chi connectivity index (χ2v) is 39.5. The number of hydrogen-bond donors (Lipinski definition) is 3. The third-order valence-corrected chi connectivity index (χ3v) is 25.2. The van der Waals surface area contributed by atoms with Gasteiger partial charge in [-0.3, -0.25) is 23.6 Å². The summed E-state index contributed by atoms with van der Waals surface area (Å²) >= 11 is 21.3. The van der Waals surface area contributed by atoms with Crippen LogP contribution in [0.25, 0.3) is 77.4 Å². The first-order chi connectivity index (χ1) is 67.0. The summed E-state index contributed by atoms with van der Waals surface area (Å²) in [7, 11) is 0. The van der Waals surface area contributed by atoms with Crippen LogP contribution in [0, 0.1) is 27.7 Å². The summed E-state index contributed by atoms with van der Waals surface area (Å²) < 4.78 is 20.1. The minimum Gasteiger partial charge on any atom is -0.473 e. The number of nitrogen functional groups attached to an aromatic ring is 1. The van der Waals surface area contributed by atoms with Gasteiger partial charge in [0.15, 0.2) is 5.78 Å². The van der Waals surface area contributed by atoms with Gasteiger partial charge in [0, 0.05) is 115 Å². The van der Waals surface area contributed by atoms with Crippen molar-refractivity contribution in [1.29, 1.82) is 0 Å². The van der Waals surface area contributed by atoms with E-state index in [9.17, 15) is 14.4 Å². The fourth-order valence-corrected chi connectivity index (χ4v) is 17.5. The lowest BCUT2D eigenvalue weighted by atomic mass is 9.94. The number of ether oxygens (including phenoxy) is 2. The number of carbonyl (C=O) groups excluding carboxylic acids is 3. The maximum atomic E-state index is 13.2. The van der Waals surface area contributed by atoms with E-state index in [4.69, 9.17) is 55.1 Å². The normalized spacial score (nSPS) is 11.1. The minimum absolute atomic E-state index is 0.0347. The van der Waals surface area contributed by atoms with E-state index in [0.29, 0.717) is 62.9 Å². The third-order valence-electron chi connectivity index (χ3n) is 23.9. The summed E-state index contributed by atoms with van der Waals surface area (Å²) in [6.45, 7) is 45.2. The van der Waals surface area contributed by atoms with Crippen molar-refractivity contribution < 1.29 is 23.9 Å². The van der Waals surface area contributed by atoms with Crippen LogP contribution in [0.4, 0.5) is 11.4 Å². The predicted octanol–water partition coefficient (Wildman–Crippen LogP) is 33.4. The van der Waals surface area contributed by atoms with Gasteiger partial charge in [-0.1, -0.05) is 301 Å². The van der Waals surface area contributed by atoms with Gasteiger partial charge in [0.05, 0.1) is 53.0 Å². The number of fused-ring (bicyclic) bond motifs is 5.